The van der Waals surface area contributed by atoms with Crippen molar-refractivity contribution in [3.8, 4) is 5.75 Å². The predicted molar refractivity (Wildman–Crippen MR) is 84.7 cm³/mol. The fraction of sp³-hybridized carbons (Fsp3) is 0.188. The van der Waals surface area contributed by atoms with E-state index in [1.165, 1.54) is 0 Å². The summed E-state index contributed by atoms with van der Waals surface area (Å²) in [6.45, 7) is 1.87. The molecule has 0 aliphatic carbocycles. The molecule has 2 N–H and O–H groups in total. The van der Waals surface area contributed by atoms with Crippen LogP contribution in [0.1, 0.15) is 15.9 Å². The van der Waals surface area contributed by atoms with E-state index in [9.17, 15) is 17.6 Å². The summed E-state index contributed by atoms with van der Waals surface area (Å²) in [5.74, 6) is -1.27. The number of esters is 1. The van der Waals surface area contributed by atoms with E-state index in [2.05, 4.69) is 0 Å². The minimum absolute atomic E-state index is 0.0751. The molecule has 128 valence electrons. The molecule has 0 unspecified atom stereocenters. The number of ether oxygens (including phenoxy) is 2. The maximum atomic E-state index is 13.7. The highest BCUT2D eigenvalue weighted by Crippen LogP contribution is 2.15. The lowest BCUT2D eigenvalue weighted by Gasteiger charge is -2.09. The Hall–Kier alpha value is -2.45. The van der Waals surface area contributed by atoms with Gasteiger partial charge in [-0.3, -0.25) is 0 Å². The highest BCUT2D eigenvalue weighted by atomic mass is 32.2. The molecule has 0 saturated heterocycles. The first-order valence-corrected chi connectivity index (χ1v) is 8.51. The molecule has 2 aromatic rings. The first kappa shape index (κ1) is 17.9. The van der Waals surface area contributed by atoms with E-state index < -0.39 is 27.4 Å². The van der Waals surface area contributed by atoms with Crippen LogP contribution in [0, 0.1) is 12.7 Å². The molecule has 2 rings (SSSR count). The minimum atomic E-state index is -4.04. The predicted octanol–water partition coefficient (Wildman–Crippen LogP) is 2.02. The lowest BCUT2D eigenvalue weighted by Crippen LogP contribution is -2.16. The molecule has 2 aromatic carbocycles. The van der Waals surface area contributed by atoms with Gasteiger partial charge in [0.15, 0.2) is 0 Å². The summed E-state index contributed by atoms with van der Waals surface area (Å²) >= 11 is 0. The topological polar surface area (TPSA) is 95.7 Å². The SMILES string of the molecule is Cc1cccc(OCCOC(=O)c2cc(S(N)(=O)=O)ccc2F)c1. The van der Waals surface area contributed by atoms with Crippen molar-refractivity contribution in [2.75, 3.05) is 13.2 Å². The molecule has 0 aliphatic rings. The van der Waals surface area contributed by atoms with Gasteiger partial charge in [-0.2, -0.15) is 0 Å². The number of nitrogens with two attached hydrogens (primary N) is 1. The third-order valence-electron chi connectivity index (χ3n) is 3.06. The number of benzene rings is 2. The van der Waals surface area contributed by atoms with Crippen LogP contribution in [-0.2, 0) is 14.8 Å². The Balaban J connectivity index is 1.95. The lowest BCUT2D eigenvalue weighted by atomic mass is 10.2. The van der Waals surface area contributed by atoms with Crippen LogP contribution in [0.5, 0.6) is 5.75 Å². The largest absolute Gasteiger partial charge is 0.490 e. The highest BCUT2D eigenvalue weighted by Gasteiger charge is 2.17. The van der Waals surface area contributed by atoms with Gasteiger partial charge in [-0.15, -0.1) is 0 Å². The van der Waals surface area contributed by atoms with E-state index in [4.69, 9.17) is 14.6 Å². The van der Waals surface area contributed by atoms with Crippen molar-refractivity contribution in [3.63, 3.8) is 0 Å². The molecule has 0 heterocycles. The molecule has 6 nitrogen and oxygen atoms in total. The Labute approximate surface area is 139 Å². The van der Waals surface area contributed by atoms with Crippen LogP contribution in [0.4, 0.5) is 4.39 Å². The Kier molecular flexibility index (Phi) is 5.53. The van der Waals surface area contributed by atoms with Crippen LogP contribution in [0.3, 0.4) is 0 Å². The maximum Gasteiger partial charge on any atom is 0.341 e. The first-order chi connectivity index (χ1) is 11.3. The molecule has 0 spiro atoms. The number of carbonyl (C=O) groups excluding carboxylic acids is 1. The van der Waals surface area contributed by atoms with Crippen molar-refractivity contribution in [1.82, 2.24) is 0 Å². The Bertz CT molecular complexity index is 851. The van der Waals surface area contributed by atoms with Gasteiger partial charge in [-0.1, -0.05) is 12.1 Å². The van der Waals surface area contributed by atoms with E-state index in [0.29, 0.717) is 5.75 Å². The van der Waals surface area contributed by atoms with E-state index >= 15 is 0 Å². The smallest absolute Gasteiger partial charge is 0.341 e. The molecule has 0 aromatic heterocycles. The van der Waals surface area contributed by atoms with Crippen LogP contribution in [-0.4, -0.2) is 27.6 Å². The van der Waals surface area contributed by atoms with E-state index in [-0.39, 0.29) is 18.1 Å². The zero-order chi connectivity index (χ0) is 17.7. The number of sulfonamides is 1. The summed E-state index contributed by atoms with van der Waals surface area (Å²) in [5.41, 5.74) is 0.517. The third-order valence-corrected chi connectivity index (χ3v) is 3.97. The number of rotatable bonds is 6. The van der Waals surface area contributed by atoms with Crippen LogP contribution in [0.2, 0.25) is 0 Å². The molecule has 0 aliphatic heterocycles. The molecule has 0 bridgehead atoms. The van der Waals surface area contributed by atoms with Crippen molar-refractivity contribution >= 4 is 16.0 Å². The summed E-state index contributed by atoms with van der Waals surface area (Å²) in [4.78, 5) is 11.5. The van der Waals surface area contributed by atoms with Gasteiger partial charge in [0, 0.05) is 0 Å². The average Bonchev–Trinajstić information content (AvgIpc) is 2.50. The number of hydrogen-bond donors (Lipinski definition) is 1. The normalized spacial score (nSPS) is 11.1. The fourth-order valence-electron chi connectivity index (χ4n) is 1.91. The van der Waals surface area contributed by atoms with E-state index in [1.807, 2.05) is 25.1 Å². The second-order valence-electron chi connectivity index (χ2n) is 4.99. The summed E-state index contributed by atoms with van der Waals surface area (Å²) in [6, 6.07) is 9.97. The summed E-state index contributed by atoms with van der Waals surface area (Å²) in [6.07, 6.45) is 0. The van der Waals surface area contributed by atoms with Gasteiger partial charge in [-0.05, 0) is 42.8 Å². The molecule has 0 fully saturated rings. The van der Waals surface area contributed by atoms with Crippen molar-refractivity contribution in [2.24, 2.45) is 5.14 Å². The summed E-state index contributed by atoms with van der Waals surface area (Å²) < 4.78 is 46.4. The molecule has 24 heavy (non-hydrogen) atoms. The van der Waals surface area contributed by atoms with Gasteiger partial charge in [-0.25, -0.2) is 22.7 Å². The molecule has 0 radical (unpaired) electrons. The van der Waals surface area contributed by atoms with Gasteiger partial charge in [0.25, 0.3) is 0 Å². The van der Waals surface area contributed by atoms with Gasteiger partial charge in [0.1, 0.15) is 24.8 Å². The summed E-state index contributed by atoms with van der Waals surface area (Å²) in [5, 5.41) is 4.95. The van der Waals surface area contributed by atoms with Crippen LogP contribution in [0.15, 0.2) is 47.4 Å². The quantitative estimate of drug-likeness (QED) is 0.633. The molecule has 8 heteroatoms. The van der Waals surface area contributed by atoms with Crippen molar-refractivity contribution in [2.45, 2.75) is 11.8 Å². The molecule has 0 saturated carbocycles. The summed E-state index contributed by atoms with van der Waals surface area (Å²) in [7, 11) is -4.04. The molecular weight excluding hydrogens is 337 g/mol. The molecule has 0 amide bonds. The number of hydrogen-bond acceptors (Lipinski definition) is 5. The van der Waals surface area contributed by atoms with Crippen LogP contribution < -0.4 is 9.88 Å². The Morgan fingerprint density at radius 1 is 1.17 bits per heavy atom. The zero-order valence-electron chi connectivity index (χ0n) is 12.9. The first-order valence-electron chi connectivity index (χ1n) is 6.96. The highest BCUT2D eigenvalue weighted by molar-refractivity contribution is 7.89. The number of aryl methyl sites for hydroxylation is 1. The fourth-order valence-corrected chi connectivity index (χ4v) is 2.45. The average molecular weight is 353 g/mol. The van der Waals surface area contributed by atoms with Crippen molar-refractivity contribution < 1.29 is 27.1 Å². The zero-order valence-corrected chi connectivity index (χ0v) is 13.7. The molecule has 0 atom stereocenters. The third kappa shape index (κ3) is 4.77. The monoisotopic (exact) mass is 353 g/mol. The van der Waals surface area contributed by atoms with Gasteiger partial charge < -0.3 is 9.47 Å². The molecular formula is C16H16FNO5S. The standard InChI is InChI=1S/C16H16FNO5S/c1-11-3-2-4-12(9-11)22-7-8-23-16(19)14-10-13(24(18,20)21)5-6-15(14)17/h2-6,9-10H,7-8H2,1H3,(H2,18,20,21). The van der Waals surface area contributed by atoms with Crippen molar-refractivity contribution in [1.29, 1.82) is 0 Å². The number of primary sulfonamides is 1. The maximum absolute atomic E-state index is 13.7. The second-order valence-corrected chi connectivity index (χ2v) is 6.55. The number of carbonyl (C=O) groups is 1. The Morgan fingerprint density at radius 3 is 2.58 bits per heavy atom. The van der Waals surface area contributed by atoms with Crippen LogP contribution in [0.25, 0.3) is 0 Å². The van der Waals surface area contributed by atoms with Crippen LogP contribution >= 0.6 is 0 Å². The van der Waals surface area contributed by atoms with Gasteiger partial charge in [0.2, 0.25) is 10.0 Å². The van der Waals surface area contributed by atoms with E-state index in [1.54, 1.807) is 6.07 Å². The van der Waals surface area contributed by atoms with E-state index in [0.717, 1.165) is 23.8 Å². The lowest BCUT2D eigenvalue weighted by molar-refractivity contribution is 0.0445. The number of halogens is 1. The van der Waals surface area contributed by atoms with Gasteiger partial charge >= 0.3 is 5.97 Å². The minimum Gasteiger partial charge on any atom is -0.490 e. The second kappa shape index (κ2) is 7.41. The Morgan fingerprint density at radius 2 is 1.92 bits per heavy atom. The van der Waals surface area contributed by atoms with Crippen molar-refractivity contribution in [3.05, 3.63) is 59.4 Å². The van der Waals surface area contributed by atoms with Gasteiger partial charge in [0.05, 0.1) is 10.5 Å².